The van der Waals surface area contributed by atoms with Crippen LogP contribution in [-0.4, -0.2) is 34.8 Å². The Morgan fingerprint density at radius 1 is 1.55 bits per heavy atom. The summed E-state index contributed by atoms with van der Waals surface area (Å²) >= 11 is 0. The lowest BCUT2D eigenvalue weighted by atomic mass is 10.3. The van der Waals surface area contributed by atoms with Crippen LogP contribution in [0.25, 0.3) is 0 Å². The molecule has 0 saturated carbocycles. The van der Waals surface area contributed by atoms with Crippen molar-refractivity contribution in [3.63, 3.8) is 0 Å². The molecule has 1 aromatic rings. The molecule has 0 aliphatic carbocycles. The topological polar surface area (TPSA) is 119 Å². The number of pyridine rings is 1. The summed E-state index contributed by atoms with van der Waals surface area (Å²) in [6.07, 6.45) is 1.36. The molecule has 0 bridgehead atoms. The van der Waals surface area contributed by atoms with Gasteiger partial charge in [-0.05, 0) is 13.0 Å². The van der Waals surface area contributed by atoms with Crippen LogP contribution >= 0.6 is 21.6 Å². The fraction of sp³-hybridized carbons (Fsp3) is 0.364. The van der Waals surface area contributed by atoms with E-state index >= 15 is 0 Å². The predicted octanol–water partition coefficient (Wildman–Crippen LogP) is -0.0231. The summed E-state index contributed by atoms with van der Waals surface area (Å²) in [5, 5.41) is 23.2. The molecular weight excluding hydrogens is 302 g/mol. The first-order valence-electron chi connectivity index (χ1n) is 5.68. The van der Waals surface area contributed by atoms with E-state index in [0.717, 1.165) is 10.8 Å². The van der Waals surface area contributed by atoms with Crippen molar-refractivity contribution in [1.29, 1.82) is 0 Å². The highest BCUT2D eigenvalue weighted by Gasteiger charge is 2.22. The van der Waals surface area contributed by atoms with E-state index in [0.29, 0.717) is 9.76 Å². The number of nitrogens with one attached hydrogen (secondary N) is 1. The van der Waals surface area contributed by atoms with E-state index in [1.165, 1.54) is 23.9 Å². The van der Waals surface area contributed by atoms with Gasteiger partial charge in [0, 0.05) is 28.7 Å². The first-order chi connectivity index (χ1) is 9.41. The van der Waals surface area contributed by atoms with E-state index in [4.69, 9.17) is 10.8 Å². The Morgan fingerprint density at radius 2 is 2.25 bits per heavy atom. The molecular formula is C11H15N3O4S2. The number of nitrogens with two attached hydrogens (primary N) is 1. The molecule has 1 rings (SSSR count). The van der Waals surface area contributed by atoms with Crippen LogP contribution in [0.15, 0.2) is 29.4 Å². The van der Waals surface area contributed by atoms with Crippen molar-refractivity contribution in [1.82, 2.24) is 5.32 Å². The van der Waals surface area contributed by atoms with Crippen molar-refractivity contribution in [3.05, 3.63) is 29.6 Å². The summed E-state index contributed by atoms with van der Waals surface area (Å²) in [5.74, 6) is -1.55. The molecule has 0 saturated heterocycles. The maximum absolute atomic E-state index is 11.4. The van der Waals surface area contributed by atoms with Crippen LogP contribution in [0.2, 0.25) is 0 Å². The summed E-state index contributed by atoms with van der Waals surface area (Å²) in [6.45, 7) is 1.47. The Kier molecular flexibility index (Phi) is 6.62. The number of hydrogen-bond donors (Lipinski definition) is 3. The highest BCUT2D eigenvalue weighted by atomic mass is 33.1. The smallest absolute Gasteiger partial charge is 0.327 e. The minimum Gasteiger partial charge on any atom is -0.618 e. The zero-order valence-corrected chi connectivity index (χ0v) is 12.3. The van der Waals surface area contributed by atoms with Crippen LogP contribution < -0.4 is 15.8 Å². The van der Waals surface area contributed by atoms with Gasteiger partial charge in [0.1, 0.15) is 6.04 Å². The number of carbonyl (C=O) groups excluding carboxylic acids is 1. The second-order valence-electron chi connectivity index (χ2n) is 3.92. The number of hydrogen-bond acceptors (Lipinski definition) is 6. The van der Waals surface area contributed by atoms with E-state index in [1.54, 1.807) is 18.2 Å². The molecule has 0 aliphatic rings. The SMILES string of the molecule is C[C@H](N)C(=O)N[C@@H](CSSc1cccc[n+]1[O-])C(=O)O. The number of nitrogens with zero attached hydrogens (tertiary/aromatic N) is 1. The van der Waals surface area contributed by atoms with Crippen LogP contribution in [0.1, 0.15) is 6.92 Å². The maximum atomic E-state index is 11.4. The summed E-state index contributed by atoms with van der Waals surface area (Å²) in [6, 6.07) is 3.12. The minimum atomic E-state index is -1.14. The second-order valence-corrected chi connectivity index (χ2v) is 6.28. The van der Waals surface area contributed by atoms with Gasteiger partial charge in [-0.1, -0.05) is 10.8 Å². The Balaban J connectivity index is 2.50. The van der Waals surface area contributed by atoms with Crippen LogP contribution in [0, 0.1) is 5.21 Å². The van der Waals surface area contributed by atoms with Crippen molar-refractivity contribution >= 4 is 33.5 Å². The van der Waals surface area contributed by atoms with E-state index in [9.17, 15) is 14.8 Å². The number of rotatable bonds is 7. The monoisotopic (exact) mass is 317 g/mol. The molecule has 110 valence electrons. The first kappa shape index (κ1) is 16.6. The Bertz CT molecular complexity index is 484. The third-order valence-corrected chi connectivity index (χ3v) is 4.54. The lowest BCUT2D eigenvalue weighted by Crippen LogP contribution is -2.48. The number of aromatic nitrogens is 1. The van der Waals surface area contributed by atoms with Gasteiger partial charge in [0.05, 0.1) is 6.04 Å². The zero-order chi connectivity index (χ0) is 15.1. The van der Waals surface area contributed by atoms with Crippen molar-refractivity contribution in [2.45, 2.75) is 24.0 Å². The fourth-order valence-corrected chi connectivity index (χ4v) is 3.30. The summed E-state index contributed by atoms with van der Waals surface area (Å²) in [4.78, 5) is 22.4. The molecule has 0 aliphatic heterocycles. The van der Waals surface area contributed by atoms with Crippen LogP contribution in [-0.2, 0) is 9.59 Å². The molecule has 20 heavy (non-hydrogen) atoms. The zero-order valence-electron chi connectivity index (χ0n) is 10.7. The number of carboxylic acids is 1. The van der Waals surface area contributed by atoms with Crippen molar-refractivity contribution in [3.8, 4) is 0 Å². The lowest BCUT2D eigenvalue weighted by Gasteiger charge is -2.15. The van der Waals surface area contributed by atoms with Gasteiger partial charge < -0.3 is 21.4 Å². The van der Waals surface area contributed by atoms with Gasteiger partial charge in [-0.15, -0.1) is 0 Å². The second kappa shape index (κ2) is 7.98. The van der Waals surface area contributed by atoms with Gasteiger partial charge in [-0.3, -0.25) is 4.79 Å². The first-order valence-corrected chi connectivity index (χ1v) is 8.00. The average molecular weight is 317 g/mol. The van der Waals surface area contributed by atoms with E-state index < -0.39 is 24.0 Å². The largest absolute Gasteiger partial charge is 0.618 e. The molecule has 0 unspecified atom stereocenters. The van der Waals surface area contributed by atoms with Gasteiger partial charge in [-0.25, -0.2) is 4.79 Å². The Morgan fingerprint density at radius 3 is 2.80 bits per heavy atom. The molecule has 7 nitrogen and oxygen atoms in total. The van der Waals surface area contributed by atoms with Crippen LogP contribution in [0.3, 0.4) is 0 Å². The fourth-order valence-electron chi connectivity index (χ4n) is 1.12. The average Bonchev–Trinajstić information content (AvgIpc) is 2.39. The molecule has 1 aromatic heterocycles. The van der Waals surface area contributed by atoms with Crippen LogP contribution in [0.4, 0.5) is 0 Å². The summed E-state index contributed by atoms with van der Waals surface area (Å²) in [7, 11) is 2.32. The number of aliphatic carboxylic acids is 1. The van der Waals surface area contributed by atoms with Gasteiger partial charge in [-0.2, -0.15) is 4.73 Å². The van der Waals surface area contributed by atoms with Crippen molar-refractivity contribution in [2.24, 2.45) is 5.73 Å². The molecule has 0 radical (unpaired) electrons. The molecule has 1 heterocycles. The van der Waals surface area contributed by atoms with Crippen molar-refractivity contribution < 1.29 is 19.4 Å². The summed E-state index contributed by atoms with van der Waals surface area (Å²) < 4.78 is 0.688. The quantitative estimate of drug-likeness (QED) is 0.367. The third kappa shape index (κ3) is 5.27. The molecule has 9 heteroatoms. The van der Waals surface area contributed by atoms with Gasteiger partial charge in [0.15, 0.2) is 6.20 Å². The molecule has 4 N–H and O–H groups in total. The lowest BCUT2D eigenvalue weighted by molar-refractivity contribution is -0.645. The maximum Gasteiger partial charge on any atom is 0.327 e. The molecule has 0 fully saturated rings. The third-order valence-electron chi connectivity index (χ3n) is 2.20. The molecule has 0 spiro atoms. The van der Waals surface area contributed by atoms with E-state index in [2.05, 4.69) is 5.32 Å². The minimum absolute atomic E-state index is 0.118. The standard InChI is InChI=1S/C11H15N3O4S2/c1-7(12)10(15)13-8(11(16)17)6-19-20-9-4-2-3-5-14(9)18/h2-5,7-8H,6,12H2,1H3,(H,13,15)(H,16,17)/t7-,8-/m0/s1. The van der Waals surface area contributed by atoms with E-state index in [1.807, 2.05) is 0 Å². The van der Waals surface area contributed by atoms with Gasteiger partial charge in [0.2, 0.25) is 5.91 Å². The molecule has 1 amide bonds. The number of carbonyl (C=O) groups is 2. The number of amides is 1. The summed E-state index contributed by atoms with van der Waals surface area (Å²) in [5.41, 5.74) is 5.36. The van der Waals surface area contributed by atoms with Gasteiger partial charge in [0.25, 0.3) is 5.03 Å². The predicted molar refractivity (Wildman–Crippen MR) is 76.9 cm³/mol. The normalized spacial score (nSPS) is 13.5. The molecule has 0 aromatic carbocycles. The number of carboxylic acid groups (broad SMARTS) is 1. The highest BCUT2D eigenvalue weighted by Crippen LogP contribution is 2.28. The van der Waals surface area contributed by atoms with Crippen molar-refractivity contribution in [2.75, 3.05) is 5.75 Å². The molecule has 2 atom stereocenters. The van der Waals surface area contributed by atoms with Gasteiger partial charge >= 0.3 is 5.97 Å². The highest BCUT2D eigenvalue weighted by molar-refractivity contribution is 8.76. The van der Waals surface area contributed by atoms with E-state index in [-0.39, 0.29) is 5.75 Å². The van der Waals surface area contributed by atoms with Crippen LogP contribution in [0.5, 0.6) is 0 Å². The Labute approximate surface area is 123 Å². The Hall–Kier alpha value is -1.45.